The average Bonchev–Trinajstić information content (AvgIpc) is 3.80. The zero-order valence-electron chi connectivity index (χ0n) is 43.5. The first-order valence-corrected chi connectivity index (χ1v) is 25.6. The van der Waals surface area contributed by atoms with Gasteiger partial charge in [-0.2, -0.15) is 0 Å². The number of aromatic amines is 1. The van der Waals surface area contributed by atoms with Crippen LogP contribution < -0.4 is 81.4 Å². The Morgan fingerprint density at radius 3 is 1.82 bits per heavy atom. The lowest BCUT2D eigenvalue weighted by molar-refractivity contribution is -0.136. The Balaban J connectivity index is 1.79. The molecule has 1 aliphatic heterocycles. The van der Waals surface area contributed by atoms with E-state index in [-0.39, 0.29) is 109 Å². The molecule has 2 heterocycles. The van der Waals surface area contributed by atoms with Gasteiger partial charge in [0.2, 0.25) is 53.2 Å². The lowest BCUT2D eigenvalue weighted by Gasteiger charge is -2.28. The molecule has 11 amide bonds. The third kappa shape index (κ3) is 21.7. The minimum Gasteiger partial charge on any atom is -0.370 e. The molecule has 4 rings (SSSR count). The van der Waals surface area contributed by atoms with E-state index in [2.05, 4.69) is 63.5 Å². The van der Waals surface area contributed by atoms with Crippen molar-refractivity contribution < 1.29 is 47.9 Å². The molecule has 1 saturated heterocycles. The van der Waals surface area contributed by atoms with Crippen LogP contribution in [0.25, 0.3) is 10.9 Å². The van der Waals surface area contributed by atoms with Crippen LogP contribution in [0.3, 0.4) is 0 Å². The molecule has 0 saturated carbocycles. The first-order chi connectivity index (χ1) is 37.2. The van der Waals surface area contributed by atoms with Crippen molar-refractivity contribution >= 4 is 82.0 Å². The van der Waals surface area contributed by atoms with Crippen molar-refractivity contribution in [3.63, 3.8) is 0 Å². The van der Waals surface area contributed by atoms with E-state index in [9.17, 15) is 47.9 Å². The standard InChI is InChI=1S/C50H74N18O10/c1-28(69)62-34(17-9-21-58-48(52)53)42(72)68-39-26-40(70)57-20-8-7-16-33(41(51)71)63-46(76)38(25-30-27-61-32-15-6-5-14-31(30)32)67-44(74)35(18-10-22-59-49(54)55)64-45(75)37(24-29-12-3-2-4-13-29)66-43(73)36(65-47(39)77)19-11-23-60-50(56)78/h2-6,12-15,27,33-39,61H,7-11,16-26H2,1H3,(H2,51,71)(H,57,70)(H,62,69)(H,63,76)(H,64,75)(H,65,77)(H,66,73)(H,67,74)(H,68,72)(H4,52,53,58)(H4,54,55,59)(H3,56,60,78)/t33-,34-,35-,36-,37+,38-,39-/m0/s1. The number of para-hydroxylation sites is 1. The summed E-state index contributed by atoms with van der Waals surface area (Å²) in [6.45, 7) is 1.35. The van der Waals surface area contributed by atoms with E-state index in [0.717, 1.165) is 10.9 Å². The number of hydrogen-bond donors (Lipinski definition) is 18. The van der Waals surface area contributed by atoms with Crippen molar-refractivity contribution in [2.24, 2.45) is 22.9 Å². The predicted molar refractivity (Wildman–Crippen MR) is 287 cm³/mol. The Hall–Kier alpha value is -8.98. The maximum Gasteiger partial charge on any atom is 0.312 e. The van der Waals surface area contributed by atoms with Gasteiger partial charge in [-0.05, 0) is 75.0 Å². The van der Waals surface area contributed by atoms with Gasteiger partial charge in [0, 0.05) is 63.0 Å². The number of fused-ring (bicyclic) bond motifs is 1. The molecule has 0 radical (unpaired) electrons. The molecule has 28 nitrogen and oxygen atoms in total. The van der Waals surface area contributed by atoms with Crippen LogP contribution in [-0.4, -0.2) is 145 Å². The Bertz CT molecular complexity index is 2600. The number of guanidine groups is 2. The molecule has 7 atom stereocenters. The number of carbonyl (C=O) groups is 10. The minimum absolute atomic E-state index is 0.000267. The normalized spacial score (nSPS) is 20.6. The summed E-state index contributed by atoms with van der Waals surface area (Å²) in [5.41, 5.74) is 23.9. The van der Waals surface area contributed by atoms with Gasteiger partial charge in [0.15, 0.2) is 11.9 Å². The fraction of sp³-hybridized carbons (Fsp3) is 0.480. The molecular weight excluding hydrogens is 1010 g/mol. The number of rotatable bonds is 20. The summed E-state index contributed by atoms with van der Waals surface area (Å²) in [6, 6.07) is 5.03. The summed E-state index contributed by atoms with van der Waals surface area (Å²) in [7, 11) is 0. The second kappa shape index (κ2) is 31.8. The molecule has 22 N–H and O–H groups in total. The number of urea groups is 1. The molecule has 1 fully saturated rings. The largest absolute Gasteiger partial charge is 0.370 e. The van der Waals surface area contributed by atoms with E-state index in [0.29, 0.717) is 11.1 Å². The maximum absolute atomic E-state index is 14.7. The summed E-state index contributed by atoms with van der Waals surface area (Å²) in [5.74, 6) is -8.18. The van der Waals surface area contributed by atoms with Gasteiger partial charge < -0.3 is 86.4 Å². The van der Waals surface area contributed by atoms with E-state index in [1.807, 2.05) is 18.2 Å². The van der Waals surface area contributed by atoms with Gasteiger partial charge in [0.25, 0.3) is 0 Å². The third-order valence-corrected chi connectivity index (χ3v) is 12.5. The van der Waals surface area contributed by atoms with E-state index < -0.39 is 108 Å². The van der Waals surface area contributed by atoms with E-state index in [1.165, 1.54) is 6.92 Å². The van der Waals surface area contributed by atoms with Crippen molar-refractivity contribution in [1.29, 1.82) is 10.8 Å². The molecule has 78 heavy (non-hydrogen) atoms. The number of carbonyl (C=O) groups excluding carboxylic acids is 10. The molecule has 0 bridgehead atoms. The Labute approximate surface area is 450 Å². The average molecular weight is 1090 g/mol. The quantitative estimate of drug-likeness (QED) is 0.0297. The van der Waals surface area contributed by atoms with Crippen LogP contribution in [-0.2, 0) is 56.0 Å². The van der Waals surface area contributed by atoms with Gasteiger partial charge in [-0.3, -0.25) is 54.0 Å². The lowest BCUT2D eigenvalue weighted by atomic mass is 10.0. The number of H-pyrrole nitrogens is 1. The van der Waals surface area contributed by atoms with Crippen LogP contribution in [0.15, 0.2) is 60.8 Å². The maximum atomic E-state index is 14.7. The molecule has 28 heteroatoms. The number of primary amides is 2. The highest BCUT2D eigenvalue weighted by atomic mass is 16.2. The highest BCUT2D eigenvalue weighted by Crippen LogP contribution is 2.20. The number of nitrogens with one attached hydrogen (secondary N) is 14. The third-order valence-electron chi connectivity index (χ3n) is 12.5. The zero-order valence-corrected chi connectivity index (χ0v) is 43.5. The number of amides is 11. The second-order valence-electron chi connectivity index (χ2n) is 18.7. The van der Waals surface area contributed by atoms with Crippen molar-refractivity contribution in [3.8, 4) is 0 Å². The van der Waals surface area contributed by atoms with Crippen molar-refractivity contribution in [2.75, 3.05) is 26.2 Å². The second-order valence-corrected chi connectivity index (χ2v) is 18.7. The number of nitrogens with two attached hydrogens (primary N) is 4. The van der Waals surface area contributed by atoms with Crippen molar-refractivity contribution in [3.05, 3.63) is 71.9 Å². The van der Waals surface area contributed by atoms with Crippen LogP contribution in [0.4, 0.5) is 4.79 Å². The van der Waals surface area contributed by atoms with Crippen LogP contribution in [0.2, 0.25) is 0 Å². The Morgan fingerprint density at radius 1 is 0.654 bits per heavy atom. The van der Waals surface area contributed by atoms with E-state index in [1.54, 1.807) is 42.6 Å². The lowest BCUT2D eigenvalue weighted by Crippen LogP contribution is -2.60. The fourth-order valence-corrected chi connectivity index (χ4v) is 8.50. The molecule has 0 unspecified atom stereocenters. The van der Waals surface area contributed by atoms with Gasteiger partial charge in [0.1, 0.15) is 42.3 Å². The highest BCUT2D eigenvalue weighted by Gasteiger charge is 2.35. The summed E-state index contributed by atoms with van der Waals surface area (Å²) in [5, 5.41) is 44.6. The van der Waals surface area contributed by atoms with Crippen molar-refractivity contribution in [2.45, 2.75) is 126 Å². The van der Waals surface area contributed by atoms with Crippen molar-refractivity contribution in [1.82, 2.24) is 63.5 Å². The summed E-state index contributed by atoms with van der Waals surface area (Å²) < 4.78 is 0. The first kappa shape index (κ1) is 61.6. The zero-order chi connectivity index (χ0) is 57.1. The molecule has 0 spiro atoms. The summed E-state index contributed by atoms with van der Waals surface area (Å²) >= 11 is 0. The highest BCUT2D eigenvalue weighted by molar-refractivity contribution is 5.99. The topological polar surface area (TPSA) is 471 Å². The van der Waals surface area contributed by atoms with Crippen LogP contribution >= 0.6 is 0 Å². The Kier molecular flexibility index (Phi) is 25.1. The summed E-state index contributed by atoms with van der Waals surface area (Å²) in [4.78, 5) is 140. The molecule has 0 aliphatic carbocycles. The van der Waals surface area contributed by atoms with Gasteiger partial charge in [0.05, 0.1) is 6.42 Å². The van der Waals surface area contributed by atoms with Gasteiger partial charge >= 0.3 is 6.03 Å². The predicted octanol–water partition coefficient (Wildman–Crippen LogP) is -3.48. The molecule has 3 aromatic rings. The SMILES string of the molecule is CC(=O)N[C@@H](CCCNC(=N)N)C(=O)N[C@H]1CC(=O)NCCCC[C@@H](C(N)=O)NC(=O)[C@H](Cc2c[nH]c3ccccc23)NC(=O)[C@H](CCCNC(=N)N)NC(=O)[C@@H](Cc2ccccc2)NC(=O)[C@H](CCCNC(N)=O)NC1=O. The first-order valence-electron chi connectivity index (χ1n) is 25.6. The van der Waals surface area contributed by atoms with E-state index in [4.69, 9.17) is 33.8 Å². The smallest absolute Gasteiger partial charge is 0.312 e. The van der Waals surface area contributed by atoms with Crippen LogP contribution in [0.5, 0.6) is 0 Å². The number of benzene rings is 2. The van der Waals surface area contributed by atoms with Crippen LogP contribution in [0, 0.1) is 10.8 Å². The van der Waals surface area contributed by atoms with Crippen LogP contribution in [0.1, 0.15) is 82.3 Å². The Morgan fingerprint density at radius 2 is 1.21 bits per heavy atom. The number of hydrogen-bond acceptors (Lipinski definition) is 12. The monoisotopic (exact) mass is 1090 g/mol. The van der Waals surface area contributed by atoms with E-state index >= 15 is 0 Å². The summed E-state index contributed by atoms with van der Waals surface area (Å²) in [6.07, 6.45) is 1.34. The molecule has 424 valence electrons. The molecule has 1 aliphatic rings. The van der Waals surface area contributed by atoms with Gasteiger partial charge in [-0.15, -0.1) is 0 Å². The minimum atomic E-state index is -1.68. The number of aromatic nitrogens is 1. The fourth-order valence-electron chi connectivity index (χ4n) is 8.50. The van der Waals surface area contributed by atoms with Gasteiger partial charge in [-0.1, -0.05) is 48.5 Å². The molecular formula is C50H74N18O10. The molecule has 1 aromatic heterocycles. The van der Waals surface area contributed by atoms with Gasteiger partial charge in [-0.25, -0.2) is 4.79 Å². The molecule has 2 aromatic carbocycles.